The molecule has 1 fully saturated rings. The van der Waals surface area contributed by atoms with Gasteiger partial charge in [0.25, 0.3) is 0 Å². The van der Waals surface area contributed by atoms with E-state index in [1.165, 1.54) is 30.2 Å². The smallest absolute Gasteiger partial charge is 0.230 e. The van der Waals surface area contributed by atoms with Crippen LogP contribution in [0.5, 0.6) is 5.75 Å². The van der Waals surface area contributed by atoms with Crippen molar-refractivity contribution in [2.24, 2.45) is 0 Å². The van der Waals surface area contributed by atoms with Crippen molar-refractivity contribution in [2.75, 3.05) is 12.4 Å². The molecule has 3 aromatic rings. The Labute approximate surface area is 180 Å². The Morgan fingerprint density at radius 1 is 1.07 bits per heavy atom. The second-order valence-electron chi connectivity index (χ2n) is 7.77. The molecule has 0 bridgehead atoms. The van der Waals surface area contributed by atoms with Gasteiger partial charge in [-0.3, -0.25) is 4.79 Å². The van der Waals surface area contributed by atoms with Crippen LogP contribution in [-0.4, -0.2) is 33.0 Å². The van der Waals surface area contributed by atoms with E-state index in [0.717, 1.165) is 35.3 Å². The lowest BCUT2D eigenvalue weighted by molar-refractivity contribution is -0.119. The van der Waals surface area contributed by atoms with Crippen molar-refractivity contribution in [1.29, 1.82) is 0 Å². The summed E-state index contributed by atoms with van der Waals surface area (Å²) in [7, 11) is 0. The van der Waals surface area contributed by atoms with Gasteiger partial charge in [-0.15, -0.1) is 10.2 Å². The summed E-state index contributed by atoms with van der Waals surface area (Å²) >= 11 is 1.46. The summed E-state index contributed by atoms with van der Waals surface area (Å²) in [6.07, 6.45) is 3.12. The van der Waals surface area contributed by atoms with Crippen LogP contribution in [0.3, 0.4) is 0 Å². The molecule has 6 nitrogen and oxygen atoms in total. The van der Waals surface area contributed by atoms with Crippen molar-refractivity contribution in [3.05, 3.63) is 71.5 Å². The molecule has 1 N–H and O–H groups in total. The molecule has 1 aliphatic heterocycles. The Hall–Kier alpha value is -2.80. The molecule has 5 rings (SSSR count). The molecule has 1 saturated carbocycles. The van der Waals surface area contributed by atoms with Crippen molar-refractivity contribution in [3.63, 3.8) is 0 Å². The fourth-order valence-electron chi connectivity index (χ4n) is 3.82. The number of aromatic nitrogens is 3. The van der Waals surface area contributed by atoms with Gasteiger partial charge in [0.15, 0.2) is 5.16 Å². The largest absolute Gasteiger partial charge is 0.493 e. The van der Waals surface area contributed by atoms with Crippen LogP contribution in [0.2, 0.25) is 0 Å². The number of carbonyl (C=O) groups is 1. The van der Waals surface area contributed by atoms with Gasteiger partial charge in [-0.1, -0.05) is 60.3 Å². The minimum atomic E-state index is -0.00716. The Bertz CT molecular complexity index is 1030. The summed E-state index contributed by atoms with van der Waals surface area (Å²) in [6, 6.07) is 18.2. The van der Waals surface area contributed by atoms with E-state index >= 15 is 0 Å². The molecule has 154 valence electrons. The van der Waals surface area contributed by atoms with Gasteiger partial charge >= 0.3 is 0 Å². The summed E-state index contributed by atoms with van der Waals surface area (Å²) in [5.41, 5.74) is 2.26. The van der Waals surface area contributed by atoms with Gasteiger partial charge in [-0.05, 0) is 24.5 Å². The van der Waals surface area contributed by atoms with E-state index in [1.807, 2.05) is 42.5 Å². The number of fused-ring (bicyclic) bond motifs is 1. The SMILES string of the molecule is O=C(CSc1nnc(C2CC2)n1Cc1ccccc1)NC1CCOc2ccccc21. The third-order valence-electron chi connectivity index (χ3n) is 5.50. The Kier molecular flexibility index (Phi) is 5.45. The number of nitrogens with one attached hydrogen (secondary N) is 1. The molecule has 1 aromatic heterocycles. The van der Waals surface area contributed by atoms with Gasteiger partial charge in [0, 0.05) is 17.9 Å². The van der Waals surface area contributed by atoms with Crippen molar-refractivity contribution < 1.29 is 9.53 Å². The summed E-state index contributed by atoms with van der Waals surface area (Å²) in [5.74, 6) is 2.72. The third kappa shape index (κ3) is 4.21. The van der Waals surface area contributed by atoms with E-state index in [1.54, 1.807) is 0 Å². The molecule has 1 amide bonds. The van der Waals surface area contributed by atoms with Gasteiger partial charge in [0.2, 0.25) is 5.91 Å². The fraction of sp³-hybridized carbons (Fsp3) is 0.348. The molecule has 2 aromatic carbocycles. The number of thioether (sulfide) groups is 1. The number of benzene rings is 2. The van der Waals surface area contributed by atoms with E-state index in [4.69, 9.17) is 4.74 Å². The number of hydrogen-bond donors (Lipinski definition) is 1. The van der Waals surface area contributed by atoms with E-state index in [2.05, 4.69) is 32.2 Å². The van der Waals surface area contributed by atoms with Gasteiger partial charge < -0.3 is 14.6 Å². The Balaban J connectivity index is 1.26. The molecule has 30 heavy (non-hydrogen) atoms. The first kappa shape index (κ1) is 19.2. The van der Waals surface area contributed by atoms with Crippen LogP contribution in [0.1, 0.15) is 48.2 Å². The maximum atomic E-state index is 12.7. The number of carbonyl (C=O) groups excluding carboxylic acids is 1. The summed E-state index contributed by atoms with van der Waals surface area (Å²) in [5, 5.41) is 12.8. The minimum Gasteiger partial charge on any atom is -0.493 e. The van der Waals surface area contributed by atoms with Crippen LogP contribution in [-0.2, 0) is 11.3 Å². The van der Waals surface area contributed by atoms with E-state index < -0.39 is 0 Å². The number of nitrogens with zero attached hydrogens (tertiary/aromatic N) is 3. The van der Waals surface area contributed by atoms with Crippen LogP contribution < -0.4 is 10.1 Å². The molecule has 2 heterocycles. The maximum absolute atomic E-state index is 12.7. The van der Waals surface area contributed by atoms with Crippen LogP contribution in [0, 0.1) is 0 Å². The van der Waals surface area contributed by atoms with Gasteiger partial charge in [-0.25, -0.2) is 0 Å². The Morgan fingerprint density at radius 3 is 2.70 bits per heavy atom. The highest BCUT2D eigenvalue weighted by Crippen LogP contribution is 2.40. The van der Waals surface area contributed by atoms with E-state index in [-0.39, 0.29) is 11.9 Å². The summed E-state index contributed by atoms with van der Waals surface area (Å²) in [4.78, 5) is 12.7. The average Bonchev–Trinajstić information content (AvgIpc) is 3.55. The zero-order chi connectivity index (χ0) is 20.3. The topological polar surface area (TPSA) is 69.0 Å². The number of hydrogen-bond acceptors (Lipinski definition) is 5. The number of amides is 1. The zero-order valence-electron chi connectivity index (χ0n) is 16.7. The van der Waals surface area contributed by atoms with Gasteiger partial charge in [0.1, 0.15) is 11.6 Å². The highest BCUT2D eigenvalue weighted by molar-refractivity contribution is 7.99. The van der Waals surface area contributed by atoms with E-state index in [0.29, 0.717) is 18.3 Å². The Morgan fingerprint density at radius 2 is 1.87 bits per heavy atom. The molecule has 0 radical (unpaired) electrons. The lowest BCUT2D eigenvalue weighted by atomic mass is 10.0. The van der Waals surface area contributed by atoms with Crippen LogP contribution in [0.15, 0.2) is 59.8 Å². The van der Waals surface area contributed by atoms with E-state index in [9.17, 15) is 4.79 Å². The molecule has 0 saturated heterocycles. The van der Waals surface area contributed by atoms with Gasteiger partial charge in [0.05, 0.1) is 24.9 Å². The van der Waals surface area contributed by atoms with Crippen LogP contribution >= 0.6 is 11.8 Å². The molecule has 1 unspecified atom stereocenters. The first-order chi connectivity index (χ1) is 14.8. The third-order valence-corrected chi connectivity index (χ3v) is 6.46. The second kappa shape index (κ2) is 8.52. The molecule has 1 aliphatic carbocycles. The highest BCUT2D eigenvalue weighted by atomic mass is 32.2. The predicted molar refractivity (Wildman–Crippen MR) is 116 cm³/mol. The lowest BCUT2D eigenvalue weighted by Gasteiger charge is -2.26. The first-order valence-corrected chi connectivity index (χ1v) is 11.4. The summed E-state index contributed by atoms with van der Waals surface area (Å²) < 4.78 is 7.87. The van der Waals surface area contributed by atoms with Crippen LogP contribution in [0.4, 0.5) is 0 Å². The first-order valence-electron chi connectivity index (χ1n) is 10.4. The highest BCUT2D eigenvalue weighted by Gasteiger charge is 2.30. The normalized spacial score (nSPS) is 17.8. The van der Waals surface area contributed by atoms with Crippen molar-refractivity contribution in [1.82, 2.24) is 20.1 Å². The molecule has 0 spiro atoms. The minimum absolute atomic E-state index is 0.00364. The number of ether oxygens (including phenoxy) is 1. The second-order valence-corrected chi connectivity index (χ2v) is 8.71. The predicted octanol–water partition coefficient (Wildman–Crippen LogP) is 3.94. The lowest BCUT2D eigenvalue weighted by Crippen LogP contribution is -2.33. The van der Waals surface area contributed by atoms with Crippen molar-refractivity contribution >= 4 is 17.7 Å². The standard InChI is InChI=1S/C23H24N4O2S/c28-21(24-19-12-13-29-20-9-5-4-8-18(19)20)15-30-23-26-25-22(17-10-11-17)27(23)14-16-6-2-1-3-7-16/h1-9,17,19H,10-15H2,(H,24,28). The van der Waals surface area contributed by atoms with Crippen molar-refractivity contribution in [3.8, 4) is 5.75 Å². The quantitative estimate of drug-likeness (QED) is 0.587. The van der Waals surface area contributed by atoms with Gasteiger partial charge in [-0.2, -0.15) is 0 Å². The monoisotopic (exact) mass is 420 g/mol. The molecule has 7 heteroatoms. The molecule has 1 atom stereocenters. The molecular weight excluding hydrogens is 396 g/mol. The fourth-order valence-corrected chi connectivity index (χ4v) is 4.58. The zero-order valence-corrected chi connectivity index (χ0v) is 17.5. The average molecular weight is 421 g/mol. The number of rotatable bonds is 7. The summed E-state index contributed by atoms with van der Waals surface area (Å²) in [6.45, 7) is 1.35. The molecular formula is C23H24N4O2S. The maximum Gasteiger partial charge on any atom is 0.230 e. The molecule has 2 aliphatic rings. The van der Waals surface area contributed by atoms with Crippen LogP contribution in [0.25, 0.3) is 0 Å². The number of para-hydroxylation sites is 1. The van der Waals surface area contributed by atoms with Crippen molar-refractivity contribution in [2.45, 2.75) is 42.9 Å².